The molecule has 1 N–H and O–H groups in total. The number of benzene rings is 2. The number of fused-ring (bicyclic) bond motifs is 1. The van der Waals surface area contributed by atoms with Crippen molar-refractivity contribution in [3.63, 3.8) is 0 Å². The minimum Gasteiger partial charge on any atom is -0.347 e. The number of barbiturate groups is 1. The number of nitrogens with zero attached hydrogens (tertiary/aromatic N) is 2. The van der Waals surface area contributed by atoms with E-state index in [1.165, 1.54) is 0 Å². The standard InChI is InChI=1S/C21H16BrN3O3/c1-12-16(15-5-3-4-6-18(15)24(12)2)11-17-19(26)23-21(28)25(20(17)27)14-9-7-13(22)8-10-14/h3-11H,1-2H3,(H,23,26,28)/b17-11-. The minimum absolute atomic E-state index is 0.0815. The molecule has 1 aliphatic rings. The summed E-state index contributed by atoms with van der Waals surface area (Å²) in [5.74, 6) is -1.35. The first-order valence-corrected chi connectivity index (χ1v) is 9.39. The van der Waals surface area contributed by atoms with Crippen LogP contribution in [0.15, 0.2) is 58.6 Å². The zero-order chi connectivity index (χ0) is 20.0. The average molecular weight is 438 g/mol. The molecule has 1 aliphatic heterocycles. The molecule has 7 heteroatoms. The molecule has 1 aromatic heterocycles. The van der Waals surface area contributed by atoms with Crippen LogP contribution in [0.2, 0.25) is 0 Å². The zero-order valence-electron chi connectivity index (χ0n) is 15.2. The molecule has 0 radical (unpaired) electrons. The molecule has 4 amide bonds. The number of nitrogens with one attached hydrogen (secondary N) is 1. The molecule has 28 heavy (non-hydrogen) atoms. The Labute approximate surface area is 169 Å². The summed E-state index contributed by atoms with van der Waals surface area (Å²) >= 11 is 3.33. The predicted molar refractivity (Wildman–Crippen MR) is 111 cm³/mol. The molecular formula is C21H16BrN3O3. The number of imide groups is 2. The highest BCUT2D eigenvalue weighted by Crippen LogP contribution is 2.29. The number of amides is 4. The average Bonchev–Trinajstić information content (AvgIpc) is 2.91. The summed E-state index contributed by atoms with van der Waals surface area (Å²) in [5, 5.41) is 3.19. The first-order chi connectivity index (χ1) is 13.4. The Morgan fingerprint density at radius 1 is 1.00 bits per heavy atom. The molecule has 2 heterocycles. The molecule has 0 aliphatic carbocycles. The highest BCUT2D eigenvalue weighted by molar-refractivity contribution is 9.10. The van der Waals surface area contributed by atoms with E-state index in [1.54, 1.807) is 30.3 Å². The second kappa shape index (κ2) is 6.76. The maximum atomic E-state index is 13.0. The van der Waals surface area contributed by atoms with Gasteiger partial charge in [0.25, 0.3) is 11.8 Å². The van der Waals surface area contributed by atoms with Crippen molar-refractivity contribution in [1.29, 1.82) is 0 Å². The van der Waals surface area contributed by atoms with Gasteiger partial charge in [-0.05, 0) is 43.3 Å². The van der Waals surface area contributed by atoms with Crippen molar-refractivity contribution in [2.24, 2.45) is 7.05 Å². The molecule has 140 valence electrons. The van der Waals surface area contributed by atoms with Gasteiger partial charge in [-0.25, -0.2) is 9.69 Å². The number of aromatic nitrogens is 1. The quantitative estimate of drug-likeness (QED) is 0.487. The van der Waals surface area contributed by atoms with Crippen LogP contribution in [0.1, 0.15) is 11.3 Å². The van der Waals surface area contributed by atoms with E-state index in [9.17, 15) is 14.4 Å². The number of aryl methyl sites for hydroxylation is 1. The molecule has 3 aromatic rings. The molecular weight excluding hydrogens is 422 g/mol. The lowest BCUT2D eigenvalue weighted by Crippen LogP contribution is -2.54. The molecule has 0 unspecified atom stereocenters. The van der Waals surface area contributed by atoms with E-state index in [-0.39, 0.29) is 5.57 Å². The van der Waals surface area contributed by atoms with Crippen LogP contribution >= 0.6 is 15.9 Å². The summed E-state index contributed by atoms with van der Waals surface area (Å²) in [4.78, 5) is 38.8. The van der Waals surface area contributed by atoms with Gasteiger partial charge in [0.05, 0.1) is 5.69 Å². The van der Waals surface area contributed by atoms with Crippen LogP contribution in [0.5, 0.6) is 0 Å². The summed E-state index contributed by atoms with van der Waals surface area (Å²) in [6, 6.07) is 13.7. The van der Waals surface area contributed by atoms with Crippen molar-refractivity contribution in [2.75, 3.05) is 4.90 Å². The lowest BCUT2D eigenvalue weighted by molar-refractivity contribution is -0.122. The van der Waals surface area contributed by atoms with E-state index >= 15 is 0 Å². The first-order valence-electron chi connectivity index (χ1n) is 8.59. The second-order valence-electron chi connectivity index (χ2n) is 6.51. The third-order valence-corrected chi connectivity index (χ3v) is 5.45. The Balaban J connectivity index is 1.84. The van der Waals surface area contributed by atoms with Crippen molar-refractivity contribution < 1.29 is 14.4 Å². The number of para-hydroxylation sites is 1. The van der Waals surface area contributed by atoms with Crippen molar-refractivity contribution in [3.05, 3.63) is 69.8 Å². The van der Waals surface area contributed by atoms with Gasteiger partial charge in [0.2, 0.25) is 0 Å². The van der Waals surface area contributed by atoms with E-state index in [0.717, 1.165) is 31.5 Å². The molecule has 4 rings (SSSR count). The van der Waals surface area contributed by atoms with Gasteiger partial charge in [-0.3, -0.25) is 14.9 Å². The lowest BCUT2D eigenvalue weighted by atomic mass is 10.0. The Bertz CT molecular complexity index is 1180. The van der Waals surface area contributed by atoms with Gasteiger partial charge in [-0.15, -0.1) is 0 Å². The van der Waals surface area contributed by atoms with Gasteiger partial charge in [-0.1, -0.05) is 34.1 Å². The normalized spacial score (nSPS) is 16.2. The Morgan fingerprint density at radius 3 is 2.39 bits per heavy atom. The highest BCUT2D eigenvalue weighted by atomic mass is 79.9. The third-order valence-electron chi connectivity index (χ3n) is 4.92. The van der Waals surface area contributed by atoms with Crippen LogP contribution in [0.3, 0.4) is 0 Å². The number of carbonyl (C=O) groups excluding carboxylic acids is 3. The number of hydrogen-bond acceptors (Lipinski definition) is 3. The lowest BCUT2D eigenvalue weighted by Gasteiger charge is -2.26. The molecule has 6 nitrogen and oxygen atoms in total. The van der Waals surface area contributed by atoms with Crippen LogP contribution in [0.25, 0.3) is 17.0 Å². The molecule has 0 saturated carbocycles. The third kappa shape index (κ3) is 2.84. The van der Waals surface area contributed by atoms with Gasteiger partial charge >= 0.3 is 6.03 Å². The Kier molecular flexibility index (Phi) is 4.39. The van der Waals surface area contributed by atoms with E-state index in [1.807, 2.05) is 42.8 Å². The summed E-state index contributed by atoms with van der Waals surface area (Å²) in [6.07, 6.45) is 1.56. The molecule has 1 saturated heterocycles. The number of halogens is 1. The van der Waals surface area contributed by atoms with Gasteiger partial charge < -0.3 is 4.57 Å². The van der Waals surface area contributed by atoms with Gasteiger partial charge in [0, 0.05) is 33.7 Å². The van der Waals surface area contributed by atoms with E-state index in [2.05, 4.69) is 21.2 Å². The number of carbonyl (C=O) groups is 3. The molecule has 1 fully saturated rings. The summed E-state index contributed by atoms with van der Waals surface area (Å²) in [5.41, 5.74) is 3.00. The van der Waals surface area contributed by atoms with Crippen molar-refractivity contribution in [3.8, 4) is 0 Å². The summed E-state index contributed by atoms with van der Waals surface area (Å²) in [6.45, 7) is 1.93. The Morgan fingerprint density at radius 2 is 1.68 bits per heavy atom. The topological polar surface area (TPSA) is 71.4 Å². The van der Waals surface area contributed by atoms with Crippen LogP contribution in [0.4, 0.5) is 10.5 Å². The van der Waals surface area contributed by atoms with Crippen LogP contribution in [-0.4, -0.2) is 22.4 Å². The van der Waals surface area contributed by atoms with Gasteiger partial charge in [0.1, 0.15) is 5.57 Å². The van der Waals surface area contributed by atoms with Gasteiger partial charge in [-0.2, -0.15) is 0 Å². The van der Waals surface area contributed by atoms with Crippen molar-refractivity contribution >= 4 is 56.4 Å². The molecule has 2 aromatic carbocycles. The number of rotatable bonds is 2. The molecule has 0 atom stereocenters. The van der Waals surface area contributed by atoms with E-state index in [0.29, 0.717) is 5.69 Å². The maximum absolute atomic E-state index is 13.0. The Hall–Kier alpha value is -3.19. The first kappa shape index (κ1) is 18.2. The second-order valence-corrected chi connectivity index (χ2v) is 7.43. The fraction of sp³-hybridized carbons (Fsp3) is 0.0952. The SMILES string of the molecule is Cc1c(/C=C2/C(=O)NC(=O)N(c3ccc(Br)cc3)C2=O)c2ccccc2n1C. The molecule has 0 bridgehead atoms. The predicted octanol–water partition coefficient (Wildman–Crippen LogP) is 3.92. The number of urea groups is 1. The fourth-order valence-corrected chi connectivity index (χ4v) is 3.62. The minimum atomic E-state index is -0.760. The van der Waals surface area contributed by atoms with Crippen LogP contribution < -0.4 is 10.2 Å². The maximum Gasteiger partial charge on any atom is 0.335 e. The van der Waals surface area contributed by atoms with Crippen LogP contribution in [-0.2, 0) is 16.6 Å². The smallest absolute Gasteiger partial charge is 0.335 e. The fourth-order valence-electron chi connectivity index (χ4n) is 3.36. The summed E-state index contributed by atoms with van der Waals surface area (Å²) < 4.78 is 2.82. The summed E-state index contributed by atoms with van der Waals surface area (Å²) in [7, 11) is 1.93. The van der Waals surface area contributed by atoms with Crippen molar-refractivity contribution in [2.45, 2.75) is 6.92 Å². The highest BCUT2D eigenvalue weighted by Gasteiger charge is 2.37. The monoisotopic (exact) mass is 437 g/mol. The number of anilines is 1. The van der Waals surface area contributed by atoms with Crippen molar-refractivity contribution in [1.82, 2.24) is 9.88 Å². The zero-order valence-corrected chi connectivity index (χ0v) is 16.8. The molecule has 0 spiro atoms. The largest absolute Gasteiger partial charge is 0.347 e. The van der Waals surface area contributed by atoms with E-state index < -0.39 is 17.8 Å². The van der Waals surface area contributed by atoms with E-state index in [4.69, 9.17) is 0 Å². The van der Waals surface area contributed by atoms with Crippen LogP contribution in [0, 0.1) is 6.92 Å². The van der Waals surface area contributed by atoms with Gasteiger partial charge in [0.15, 0.2) is 0 Å². The number of hydrogen-bond donors (Lipinski definition) is 1.